The van der Waals surface area contributed by atoms with Gasteiger partial charge in [0.05, 0.1) is 18.3 Å². The molecule has 6 rings (SSSR count). The molecule has 2 aliphatic carbocycles. The minimum atomic E-state index is -0.881. The van der Waals surface area contributed by atoms with Crippen molar-refractivity contribution < 1.29 is 24.2 Å². The lowest BCUT2D eigenvalue weighted by molar-refractivity contribution is -0.133. The van der Waals surface area contributed by atoms with E-state index in [1.54, 1.807) is 34.4 Å². The second-order valence-corrected chi connectivity index (χ2v) is 14.3. The summed E-state index contributed by atoms with van der Waals surface area (Å²) in [7, 11) is 0. The Balaban J connectivity index is 1.37. The Morgan fingerprint density at radius 3 is 2.66 bits per heavy atom. The summed E-state index contributed by atoms with van der Waals surface area (Å²) in [6, 6.07) is 18.1. The number of hydrogen-bond donors (Lipinski definition) is 3. The molecule has 2 amide bonds. The number of nitrogens with one attached hydrogen (secondary N) is 2. The first kappa shape index (κ1) is 32.6. The highest BCUT2D eigenvalue weighted by molar-refractivity contribution is 7.09. The lowest BCUT2D eigenvalue weighted by atomic mass is 9.73. The van der Waals surface area contributed by atoms with Crippen LogP contribution >= 0.6 is 22.9 Å². The molecule has 47 heavy (non-hydrogen) atoms. The van der Waals surface area contributed by atoms with Gasteiger partial charge in [0, 0.05) is 46.9 Å². The molecule has 1 unspecified atom stereocenters. The molecular formula is C37H38ClN3O5S. The first-order valence-electron chi connectivity index (χ1n) is 15.8. The molecule has 2 heterocycles. The number of ether oxygens (including phenoxy) is 1. The van der Waals surface area contributed by atoms with Crippen LogP contribution in [-0.2, 0) is 27.5 Å². The highest BCUT2D eigenvalue weighted by Gasteiger charge is 2.45. The zero-order valence-corrected chi connectivity index (χ0v) is 28.0. The third-order valence-electron chi connectivity index (χ3n) is 8.64. The Labute approximate surface area is 283 Å². The molecule has 10 heteroatoms. The van der Waals surface area contributed by atoms with E-state index in [9.17, 15) is 19.5 Å². The zero-order valence-electron chi connectivity index (χ0n) is 26.5. The summed E-state index contributed by atoms with van der Waals surface area (Å²) >= 11 is 8.56. The van der Waals surface area contributed by atoms with Gasteiger partial charge in [-0.15, -0.1) is 11.3 Å². The SMILES string of the molecule is CC1(C)CC(=O)C2=C(C1)NC1=C(O)CCC=C1N(C(=O)CCC(=O)NCc1cccs1)C2c1ccc(OCc2ccccc2)cc1Cl. The van der Waals surface area contributed by atoms with Crippen LogP contribution in [-0.4, -0.2) is 27.6 Å². The van der Waals surface area contributed by atoms with Gasteiger partial charge in [0.2, 0.25) is 11.8 Å². The number of fused-ring (bicyclic) bond motifs is 1. The largest absolute Gasteiger partial charge is 0.510 e. The molecule has 244 valence electrons. The average molecular weight is 672 g/mol. The molecule has 0 radical (unpaired) electrons. The molecule has 2 aromatic carbocycles. The molecule has 3 aliphatic rings. The van der Waals surface area contributed by atoms with Crippen LogP contribution in [0, 0.1) is 5.41 Å². The van der Waals surface area contributed by atoms with E-state index in [0.717, 1.165) is 10.4 Å². The van der Waals surface area contributed by atoms with Crippen LogP contribution < -0.4 is 15.4 Å². The molecule has 1 aromatic heterocycles. The number of halogens is 1. The van der Waals surface area contributed by atoms with Gasteiger partial charge in [-0.05, 0) is 53.0 Å². The van der Waals surface area contributed by atoms with Crippen LogP contribution in [0.15, 0.2) is 101 Å². The molecule has 0 saturated heterocycles. The summed E-state index contributed by atoms with van der Waals surface area (Å²) < 4.78 is 6.03. The van der Waals surface area contributed by atoms with Gasteiger partial charge in [-0.1, -0.05) is 74.0 Å². The first-order chi connectivity index (χ1) is 22.6. The van der Waals surface area contributed by atoms with Gasteiger partial charge in [-0.25, -0.2) is 0 Å². The molecule has 0 fully saturated rings. The summed E-state index contributed by atoms with van der Waals surface area (Å²) in [5.41, 5.74) is 3.22. The number of thiophene rings is 1. The number of amides is 2. The third-order valence-corrected chi connectivity index (χ3v) is 9.84. The number of hydrogen-bond acceptors (Lipinski definition) is 7. The van der Waals surface area contributed by atoms with Gasteiger partial charge in [-0.2, -0.15) is 0 Å². The molecule has 1 aliphatic heterocycles. The third kappa shape index (κ3) is 7.31. The number of Topliss-reactive ketones (excluding diaryl/α,β-unsaturated/α-hetero) is 1. The van der Waals surface area contributed by atoms with E-state index in [1.807, 2.05) is 67.8 Å². The van der Waals surface area contributed by atoms with Gasteiger partial charge >= 0.3 is 0 Å². The van der Waals surface area contributed by atoms with E-state index >= 15 is 0 Å². The second-order valence-electron chi connectivity index (χ2n) is 12.9. The lowest BCUT2D eigenvalue weighted by Crippen LogP contribution is -2.39. The van der Waals surface area contributed by atoms with Crippen molar-refractivity contribution in [3.05, 3.63) is 122 Å². The Hall–Kier alpha value is -4.34. The minimum absolute atomic E-state index is 0.0357. The molecular weight excluding hydrogens is 634 g/mol. The highest BCUT2D eigenvalue weighted by Crippen LogP contribution is 2.49. The van der Waals surface area contributed by atoms with Crippen LogP contribution in [0.5, 0.6) is 5.75 Å². The average Bonchev–Trinajstić information content (AvgIpc) is 3.51. The Morgan fingerprint density at radius 1 is 1.11 bits per heavy atom. The number of carbonyl (C=O) groups excluding carboxylic acids is 3. The monoisotopic (exact) mass is 671 g/mol. The molecule has 0 bridgehead atoms. The van der Waals surface area contributed by atoms with Gasteiger partial charge in [0.25, 0.3) is 0 Å². The highest BCUT2D eigenvalue weighted by atomic mass is 35.5. The smallest absolute Gasteiger partial charge is 0.228 e. The van der Waals surface area contributed by atoms with E-state index < -0.39 is 6.04 Å². The van der Waals surface area contributed by atoms with Crippen LogP contribution in [0.1, 0.15) is 74.4 Å². The lowest BCUT2D eigenvalue weighted by Gasteiger charge is -2.37. The van der Waals surface area contributed by atoms with E-state index in [4.69, 9.17) is 16.3 Å². The Kier molecular flexibility index (Phi) is 9.57. The molecule has 0 saturated carbocycles. The first-order valence-corrected chi connectivity index (χ1v) is 17.1. The molecule has 8 nitrogen and oxygen atoms in total. The van der Waals surface area contributed by atoms with Crippen molar-refractivity contribution in [2.75, 3.05) is 0 Å². The quantitative estimate of drug-likeness (QED) is 0.216. The van der Waals surface area contributed by atoms with Crippen molar-refractivity contribution in [3.8, 4) is 5.75 Å². The van der Waals surface area contributed by atoms with Gasteiger partial charge < -0.3 is 20.5 Å². The molecule has 0 spiro atoms. The second kappa shape index (κ2) is 13.8. The van der Waals surface area contributed by atoms with E-state index in [2.05, 4.69) is 10.6 Å². The summed E-state index contributed by atoms with van der Waals surface area (Å²) in [5.74, 6) is -0.0302. The maximum Gasteiger partial charge on any atom is 0.228 e. The van der Waals surface area contributed by atoms with Crippen LogP contribution in [0.25, 0.3) is 0 Å². The number of nitrogens with zero attached hydrogens (tertiary/aromatic N) is 1. The number of benzene rings is 2. The van der Waals surface area contributed by atoms with Crippen molar-refractivity contribution in [2.24, 2.45) is 5.41 Å². The maximum atomic E-state index is 14.4. The van der Waals surface area contributed by atoms with Crippen molar-refractivity contribution in [1.29, 1.82) is 0 Å². The minimum Gasteiger partial charge on any atom is -0.510 e. The van der Waals surface area contributed by atoms with Crippen LogP contribution in [0.4, 0.5) is 0 Å². The fourth-order valence-electron chi connectivity index (χ4n) is 6.42. The summed E-state index contributed by atoms with van der Waals surface area (Å²) in [5, 5.41) is 19.7. The molecule has 3 N–H and O–H groups in total. The van der Waals surface area contributed by atoms with E-state index in [1.165, 1.54) is 0 Å². The normalized spacial score (nSPS) is 18.9. The van der Waals surface area contributed by atoms with Crippen LogP contribution in [0.3, 0.4) is 0 Å². The zero-order chi connectivity index (χ0) is 33.1. The topological polar surface area (TPSA) is 108 Å². The van der Waals surface area contributed by atoms with Crippen LogP contribution in [0.2, 0.25) is 5.02 Å². The fraction of sp³-hybridized carbons (Fsp3) is 0.324. The van der Waals surface area contributed by atoms with E-state index in [-0.39, 0.29) is 48.0 Å². The number of ketones is 1. The van der Waals surface area contributed by atoms with Crippen molar-refractivity contribution in [3.63, 3.8) is 0 Å². The predicted molar refractivity (Wildman–Crippen MR) is 182 cm³/mol. The summed E-state index contributed by atoms with van der Waals surface area (Å²) in [6.45, 7) is 4.81. The number of carbonyl (C=O) groups is 3. The van der Waals surface area contributed by atoms with E-state index in [0.29, 0.717) is 71.4 Å². The maximum absolute atomic E-state index is 14.4. The summed E-state index contributed by atoms with van der Waals surface area (Å²) in [4.78, 5) is 43.8. The number of rotatable bonds is 9. The van der Waals surface area contributed by atoms with Crippen molar-refractivity contribution in [1.82, 2.24) is 15.5 Å². The number of aliphatic hydroxyl groups excluding tert-OH is 1. The Bertz CT molecular complexity index is 1780. The predicted octanol–water partition coefficient (Wildman–Crippen LogP) is 7.64. The van der Waals surface area contributed by atoms with Gasteiger partial charge in [0.1, 0.15) is 23.8 Å². The van der Waals surface area contributed by atoms with Crippen molar-refractivity contribution >= 4 is 40.5 Å². The van der Waals surface area contributed by atoms with Crippen molar-refractivity contribution in [2.45, 2.75) is 71.6 Å². The molecule has 1 atom stereocenters. The Morgan fingerprint density at radius 2 is 1.91 bits per heavy atom. The van der Waals surface area contributed by atoms with Gasteiger partial charge in [0.15, 0.2) is 5.78 Å². The molecule has 3 aromatic rings. The standard InChI is InChI=1S/C37H38ClN3O5S/c1-37(2)19-28-34(31(43)20-37)36(26-14-13-24(18-27(26)38)46-22-23-8-4-3-5-9-23)41(29-11-6-12-30(42)35(29)40-28)33(45)16-15-32(44)39-21-25-10-7-17-47-25/h3-5,7-11,13-14,17-18,36,40,42H,6,12,15-16,19-22H2,1-2H3,(H,39,44). The number of allylic oxidation sites excluding steroid dienone is 3. The fourth-order valence-corrected chi connectivity index (χ4v) is 7.34. The number of aliphatic hydroxyl groups is 1. The summed E-state index contributed by atoms with van der Waals surface area (Å²) in [6.07, 6.45) is 3.51. The van der Waals surface area contributed by atoms with Gasteiger partial charge in [-0.3, -0.25) is 19.3 Å².